The molecule has 2 N–H and O–H groups in total. The van der Waals surface area contributed by atoms with E-state index < -0.39 is 0 Å². The molecular formula is C16H23N3O2. The monoisotopic (exact) mass is 289 g/mol. The molecule has 0 aliphatic carbocycles. The molecule has 1 aliphatic heterocycles. The number of nitrogens with zero attached hydrogens (tertiary/aromatic N) is 1. The van der Waals surface area contributed by atoms with Gasteiger partial charge in [-0.1, -0.05) is 13.0 Å². The van der Waals surface area contributed by atoms with Crippen molar-refractivity contribution < 1.29 is 9.59 Å². The normalized spacial score (nSPS) is 19.0. The quantitative estimate of drug-likeness (QED) is 0.887. The van der Waals surface area contributed by atoms with Crippen molar-refractivity contribution in [1.82, 2.24) is 10.2 Å². The SMILES string of the molecule is CNC(=O)c1cccc(NC(=O)CN2CCCC(C)C2)c1. The number of hydrogen-bond acceptors (Lipinski definition) is 3. The third-order valence-corrected chi connectivity index (χ3v) is 3.74. The molecule has 1 heterocycles. The van der Waals surface area contributed by atoms with Crippen molar-refractivity contribution in [3.05, 3.63) is 29.8 Å². The maximum Gasteiger partial charge on any atom is 0.251 e. The molecule has 0 saturated carbocycles. The zero-order valence-electron chi connectivity index (χ0n) is 12.7. The first-order valence-corrected chi connectivity index (χ1v) is 7.43. The number of piperidine rings is 1. The second kappa shape index (κ2) is 7.22. The van der Waals surface area contributed by atoms with E-state index in [-0.39, 0.29) is 11.8 Å². The molecule has 5 heteroatoms. The number of likely N-dealkylation sites (tertiary alicyclic amines) is 1. The number of rotatable bonds is 4. The van der Waals surface area contributed by atoms with E-state index in [9.17, 15) is 9.59 Å². The predicted molar refractivity (Wildman–Crippen MR) is 83.3 cm³/mol. The minimum Gasteiger partial charge on any atom is -0.355 e. The molecule has 21 heavy (non-hydrogen) atoms. The van der Waals surface area contributed by atoms with E-state index in [2.05, 4.69) is 22.5 Å². The molecule has 1 atom stereocenters. The third kappa shape index (κ3) is 4.56. The molecule has 114 valence electrons. The fourth-order valence-corrected chi connectivity index (χ4v) is 2.72. The van der Waals surface area contributed by atoms with Crippen LogP contribution in [0.1, 0.15) is 30.1 Å². The van der Waals surface area contributed by atoms with Gasteiger partial charge in [0, 0.05) is 24.8 Å². The standard InChI is InChI=1S/C16H23N3O2/c1-12-5-4-8-19(10-12)11-15(20)18-14-7-3-6-13(9-14)16(21)17-2/h3,6-7,9,12H,4-5,8,10-11H2,1-2H3,(H,17,21)(H,18,20). The zero-order chi connectivity index (χ0) is 15.2. The molecule has 0 aromatic heterocycles. The summed E-state index contributed by atoms with van der Waals surface area (Å²) in [6, 6.07) is 6.97. The van der Waals surface area contributed by atoms with Gasteiger partial charge in [0.05, 0.1) is 6.54 Å². The average Bonchev–Trinajstić information content (AvgIpc) is 2.46. The summed E-state index contributed by atoms with van der Waals surface area (Å²) in [5.74, 6) is 0.470. The minimum atomic E-state index is -0.157. The summed E-state index contributed by atoms with van der Waals surface area (Å²) in [7, 11) is 1.59. The molecule has 0 bridgehead atoms. The lowest BCUT2D eigenvalue weighted by molar-refractivity contribution is -0.117. The number of hydrogen-bond donors (Lipinski definition) is 2. The van der Waals surface area contributed by atoms with Gasteiger partial charge >= 0.3 is 0 Å². The highest BCUT2D eigenvalue weighted by atomic mass is 16.2. The maximum absolute atomic E-state index is 12.1. The Labute approximate surface area is 125 Å². The Hall–Kier alpha value is -1.88. The van der Waals surface area contributed by atoms with E-state index in [0.29, 0.717) is 23.7 Å². The molecule has 0 spiro atoms. The summed E-state index contributed by atoms with van der Waals surface area (Å²) in [5, 5.41) is 5.44. The van der Waals surface area contributed by atoms with Crippen LogP contribution in [-0.2, 0) is 4.79 Å². The third-order valence-electron chi connectivity index (χ3n) is 3.74. The van der Waals surface area contributed by atoms with Crippen molar-refractivity contribution in [3.8, 4) is 0 Å². The van der Waals surface area contributed by atoms with Gasteiger partial charge in [0.2, 0.25) is 5.91 Å². The lowest BCUT2D eigenvalue weighted by Gasteiger charge is -2.30. The summed E-state index contributed by atoms with van der Waals surface area (Å²) in [4.78, 5) is 25.8. The van der Waals surface area contributed by atoms with Crippen LogP contribution in [0.15, 0.2) is 24.3 Å². The highest BCUT2D eigenvalue weighted by molar-refractivity contribution is 5.97. The van der Waals surface area contributed by atoms with Crippen molar-refractivity contribution >= 4 is 17.5 Å². The zero-order valence-corrected chi connectivity index (χ0v) is 12.7. The Morgan fingerprint density at radius 1 is 1.38 bits per heavy atom. The van der Waals surface area contributed by atoms with E-state index in [1.54, 1.807) is 31.3 Å². The summed E-state index contributed by atoms with van der Waals surface area (Å²) in [6.07, 6.45) is 2.40. The van der Waals surface area contributed by atoms with Crippen molar-refractivity contribution in [1.29, 1.82) is 0 Å². The number of anilines is 1. The van der Waals surface area contributed by atoms with E-state index in [1.165, 1.54) is 6.42 Å². The van der Waals surface area contributed by atoms with Crippen LogP contribution in [0.4, 0.5) is 5.69 Å². The molecule has 5 nitrogen and oxygen atoms in total. The summed E-state index contributed by atoms with van der Waals surface area (Å²) >= 11 is 0. The molecule has 1 aromatic carbocycles. The van der Waals surface area contributed by atoms with Crippen LogP contribution in [0.3, 0.4) is 0 Å². The Kier molecular flexibility index (Phi) is 5.33. The van der Waals surface area contributed by atoms with Gasteiger partial charge in [0.25, 0.3) is 5.91 Å². The van der Waals surface area contributed by atoms with Crippen molar-refractivity contribution in [2.75, 3.05) is 32.0 Å². The van der Waals surface area contributed by atoms with Crippen LogP contribution in [-0.4, -0.2) is 43.4 Å². The topological polar surface area (TPSA) is 61.4 Å². The Balaban J connectivity index is 1.91. The van der Waals surface area contributed by atoms with Crippen LogP contribution >= 0.6 is 0 Å². The maximum atomic E-state index is 12.1. The van der Waals surface area contributed by atoms with Gasteiger partial charge in [-0.25, -0.2) is 0 Å². The summed E-state index contributed by atoms with van der Waals surface area (Å²) in [5.41, 5.74) is 1.20. The van der Waals surface area contributed by atoms with Gasteiger partial charge in [-0.3, -0.25) is 14.5 Å². The number of benzene rings is 1. The first-order chi connectivity index (χ1) is 10.1. The molecule has 1 aliphatic rings. The van der Waals surface area contributed by atoms with Gasteiger partial charge < -0.3 is 10.6 Å². The van der Waals surface area contributed by atoms with Crippen LogP contribution in [0.25, 0.3) is 0 Å². The second-order valence-corrected chi connectivity index (χ2v) is 5.69. The summed E-state index contributed by atoms with van der Waals surface area (Å²) < 4.78 is 0. The van der Waals surface area contributed by atoms with E-state index in [0.717, 1.165) is 19.5 Å². The van der Waals surface area contributed by atoms with Gasteiger partial charge in [-0.2, -0.15) is 0 Å². The van der Waals surface area contributed by atoms with Gasteiger partial charge in [0.15, 0.2) is 0 Å². The molecule has 2 amide bonds. The fourth-order valence-electron chi connectivity index (χ4n) is 2.72. The van der Waals surface area contributed by atoms with Crippen LogP contribution in [0, 0.1) is 5.92 Å². The Morgan fingerprint density at radius 2 is 2.19 bits per heavy atom. The second-order valence-electron chi connectivity index (χ2n) is 5.69. The van der Waals surface area contributed by atoms with E-state index >= 15 is 0 Å². The minimum absolute atomic E-state index is 0.0295. The van der Waals surface area contributed by atoms with Crippen molar-refractivity contribution in [2.24, 2.45) is 5.92 Å². The molecule has 1 fully saturated rings. The molecule has 2 rings (SSSR count). The Morgan fingerprint density at radius 3 is 2.90 bits per heavy atom. The number of carbonyl (C=O) groups is 2. The molecular weight excluding hydrogens is 266 g/mol. The van der Waals surface area contributed by atoms with Gasteiger partial charge in [0.1, 0.15) is 0 Å². The Bertz CT molecular complexity index is 516. The predicted octanol–water partition coefficient (Wildman–Crippen LogP) is 1.72. The van der Waals surface area contributed by atoms with Crippen molar-refractivity contribution in [3.63, 3.8) is 0 Å². The molecule has 1 aromatic rings. The lowest BCUT2D eigenvalue weighted by atomic mass is 10.0. The fraction of sp³-hybridized carbons (Fsp3) is 0.500. The largest absolute Gasteiger partial charge is 0.355 e. The number of amides is 2. The highest BCUT2D eigenvalue weighted by Gasteiger charge is 2.18. The summed E-state index contributed by atoms with van der Waals surface area (Å²) in [6.45, 7) is 4.59. The smallest absolute Gasteiger partial charge is 0.251 e. The number of nitrogens with one attached hydrogen (secondary N) is 2. The van der Waals surface area contributed by atoms with E-state index in [1.807, 2.05) is 0 Å². The first-order valence-electron chi connectivity index (χ1n) is 7.43. The van der Waals surface area contributed by atoms with Crippen LogP contribution in [0.2, 0.25) is 0 Å². The highest BCUT2D eigenvalue weighted by Crippen LogP contribution is 2.15. The molecule has 1 saturated heterocycles. The average molecular weight is 289 g/mol. The molecule has 1 unspecified atom stereocenters. The van der Waals surface area contributed by atoms with Gasteiger partial charge in [-0.05, 0) is 43.5 Å². The van der Waals surface area contributed by atoms with Crippen LogP contribution in [0.5, 0.6) is 0 Å². The van der Waals surface area contributed by atoms with E-state index in [4.69, 9.17) is 0 Å². The first kappa shape index (κ1) is 15.5. The molecule has 0 radical (unpaired) electrons. The van der Waals surface area contributed by atoms with Crippen molar-refractivity contribution in [2.45, 2.75) is 19.8 Å². The number of carbonyl (C=O) groups excluding carboxylic acids is 2. The lowest BCUT2D eigenvalue weighted by Crippen LogP contribution is -2.39. The van der Waals surface area contributed by atoms with Crippen LogP contribution < -0.4 is 10.6 Å². The van der Waals surface area contributed by atoms with Gasteiger partial charge in [-0.15, -0.1) is 0 Å².